The molecule has 0 saturated heterocycles. The molecule has 0 saturated carbocycles. The van der Waals surface area contributed by atoms with Gasteiger partial charge in [-0.3, -0.25) is 10.3 Å². The van der Waals surface area contributed by atoms with Gasteiger partial charge in [0.25, 0.3) is 0 Å². The number of hydrogen-bond donors (Lipinski definition) is 3. The van der Waals surface area contributed by atoms with Gasteiger partial charge in [0.05, 0.1) is 17.3 Å². The van der Waals surface area contributed by atoms with E-state index in [1.54, 1.807) is 13.0 Å². The number of esters is 1. The van der Waals surface area contributed by atoms with Crippen LogP contribution < -0.4 is 5.48 Å². The highest BCUT2D eigenvalue weighted by molar-refractivity contribution is 6.34. The van der Waals surface area contributed by atoms with Gasteiger partial charge in [-0.25, -0.2) is 4.79 Å². The molecule has 6 nitrogen and oxygen atoms in total. The lowest BCUT2D eigenvalue weighted by atomic mass is 10.0. The van der Waals surface area contributed by atoms with Crippen LogP contribution in [0.3, 0.4) is 0 Å². The first-order chi connectivity index (χ1) is 15.5. The molecular formula is C25H26ClNO5. The molecule has 168 valence electrons. The van der Waals surface area contributed by atoms with Gasteiger partial charge in [-0.2, -0.15) is 0 Å². The third-order valence-electron chi connectivity index (χ3n) is 4.78. The van der Waals surface area contributed by atoms with Gasteiger partial charge in [0.15, 0.2) is 0 Å². The molecule has 2 aromatic carbocycles. The second-order valence-electron chi connectivity index (χ2n) is 7.40. The summed E-state index contributed by atoms with van der Waals surface area (Å²) in [4.78, 5) is 18.5. The van der Waals surface area contributed by atoms with Crippen LogP contribution >= 0.6 is 11.6 Å². The molecule has 0 radical (unpaired) electrons. The summed E-state index contributed by atoms with van der Waals surface area (Å²) >= 11 is 6.31. The van der Waals surface area contributed by atoms with Crippen molar-refractivity contribution in [2.24, 2.45) is 0 Å². The van der Waals surface area contributed by atoms with Crippen LogP contribution in [0.15, 0.2) is 66.4 Å². The lowest BCUT2D eigenvalue weighted by Crippen LogP contribution is -2.17. The summed E-state index contributed by atoms with van der Waals surface area (Å²) in [6.07, 6.45) is 11.0. The van der Waals surface area contributed by atoms with E-state index in [2.05, 4.69) is 5.48 Å². The summed E-state index contributed by atoms with van der Waals surface area (Å²) in [5.41, 5.74) is 4.32. The monoisotopic (exact) mass is 455 g/mol. The minimum Gasteiger partial charge on any atom is -0.507 e. The molecule has 1 aliphatic rings. The lowest BCUT2D eigenvalue weighted by Gasteiger charge is -2.16. The van der Waals surface area contributed by atoms with Gasteiger partial charge >= 0.3 is 5.97 Å². The van der Waals surface area contributed by atoms with Gasteiger partial charge in [-0.1, -0.05) is 60.2 Å². The second kappa shape index (κ2) is 11.4. The van der Waals surface area contributed by atoms with Crippen molar-refractivity contribution in [3.63, 3.8) is 0 Å². The molecule has 0 aromatic heterocycles. The Balaban J connectivity index is 1.98. The maximum absolute atomic E-state index is 12.8. The summed E-state index contributed by atoms with van der Waals surface area (Å²) in [6.45, 7) is 2.08. The number of phenolic OH excluding ortho intramolecular Hbond substituents is 2. The lowest BCUT2D eigenvalue weighted by molar-refractivity contribution is 0.0344. The minimum atomic E-state index is -0.734. The number of allylic oxidation sites excluding steroid dienone is 3. The molecule has 3 N–H and O–H groups in total. The molecule has 0 bridgehead atoms. The van der Waals surface area contributed by atoms with Crippen molar-refractivity contribution in [3.05, 3.63) is 88.1 Å². The molecule has 7 heteroatoms. The van der Waals surface area contributed by atoms with E-state index in [1.165, 1.54) is 6.08 Å². The summed E-state index contributed by atoms with van der Waals surface area (Å²) < 4.78 is 5.48. The number of rotatable bonds is 4. The Morgan fingerprint density at radius 2 is 1.88 bits per heavy atom. The zero-order valence-corrected chi connectivity index (χ0v) is 18.5. The van der Waals surface area contributed by atoms with E-state index >= 15 is 0 Å². The zero-order chi connectivity index (χ0) is 22.9. The van der Waals surface area contributed by atoms with E-state index in [1.807, 2.05) is 48.6 Å². The number of aromatic hydroxyl groups is 2. The number of ether oxygens (including phenoxy) is 1. The Bertz CT molecular complexity index is 1030. The molecule has 2 aromatic rings. The molecule has 3 rings (SSSR count). The molecule has 0 amide bonds. The van der Waals surface area contributed by atoms with Gasteiger partial charge in [0.1, 0.15) is 23.2 Å². The minimum absolute atomic E-state index is 0.0786. The third kappa shape index (κ3) is 6.39. The topological polar surface area (TPSA) is 88.0 Å². The Morgan fingerprint density at radius 3 is 2.66 bits per heavy atom. The molecule has 0 aliphatic carbocycles. The molecule has 1 atom stereocenters. The van der Waals surface area contributed by atoms with Crippen molar-refractivity contribution in [3.8, 4) is 11.5 Å². The van der Waals surface area contributed by atoms with Crippen molar-refractivity contribution in [2.75, 3.05) is 0 Å². The summed E-state index contributed by atoms with van der Waals surface area (Å²) in [5.74, 6) is -1.51. The normalized spacial score (nSPS) is 18.8. The van der Waals surface area contributed by atoms with Crippen LogP contribution in [-0.4, -0.2) is 22.3 Å². The molecule has 0 fully saturated rings. The summed E-state index contributed by atoms with van der Waals surface area (Å²) in [5, 5.41) is 20.4. The SMILES string of the molecule is C[C@@H]1CC=CCCC=C/C(NOCc2ccccc2)=C/c2c(Cl)c(O)cc(O)c2C(=O)O1. The van der Waals surface area contributed by atoms with Gasteiger partial charge in [-0.05, 0) is 37.5 Å². The first-order valence-corrected chi connectivity index (χ1v) is 10.7. The fourth-order valence-corrected chi connectivity index (χ4v) is 3.35. The molecule has 0 spiro atoms. The highest BCUT2D eigenvalue weighted by Gasteiger charge is 2.24. The predicted octanol–water partition coefficient (Wildman–Crippen LogP) is 5.66. The predicted molar refractivity (Wildman–Crippen MR) is 124 cm³/mol. The number of hydroxylamine groups is 1. The van der Waals surface area contributed by atoms with E-state index in [9.17, 15) is 15.0 Å². The molecule has 1 heterocycles. The fraction of sp³-hybridized carbons (Fsp3) is 0.240. The van der Waals surface area contributed by atoms with Crippen LogP contribution in [-0.2, 0) is 16.2 Å². The van der Waals surface area contributed by atoms with Crippen molar-refractivity contribution < 1.29 is 24.6 Å². The Labute approximate surface area is 192 Å². The smallest absolute Gasteiger partial charge is 0.342 e. The molecule has 32 heavy (non-hydrogen) atoms. The van der Waals surface area contributed by atoms with E-state index < -0.39 is 17.8 Å². The fourth-order valence-electron chi connectivity index (χ4n) is 3.14. The zero-order valence-electron chi connectivity index (χ0n) is 17.8. The first kappa shape index (κ1) is 23.4. The highest BCUT2D eigenvalue weighted by atomic mass is 35.5. The van der Waals surface area contributed by atoms with Crippen LogP contribution in [0.2, 0.25) is 5.02 Å². The number of halogens is 1. The molecule has 1 aliphatic heterocycles. The number of fused-ring (bicyclic) bond motifs is 1. The van der Waals surface area contributed by atoms with Crippen LogP contribution in [0, 0.1) is 0 Å². The van der Waals surface area contributed by atoms with E-state index in [4.69, 9.17) is 21.2 Å². The van der Waals surface area contributed by atoms with Crippen LogP contribution in [0.4, 0.5) is 0 Å². The van der Waals surface area contributed by atoms with Crippen molar-refractivity contribution in [1.82, 2.24) is 5.48 Å². The number of cyclic esters (lactones) is 1. The number of hydrogen-bond acceptors (Lipinski definition) is 6. The van der Waals surface area contributed by atoms with Gasteiger partial charge in [0.2, 0.25) is 0 Å². The maximum Gasteiger partial charge on any atom is 0.342 e. The number of carbonyl (C=O) groups is 1. The maximum atomic E-state index is 12.8. The highest BCUT2D eigenvalue weighted by Crippen LogP contribution is 2.38. The number of carbonyl (C=O) groups excluding carboxylic acids is 1. The van der Waals surface area contributed by atoms with Gasteiger partial charge < -0.3 is 14.9 Å². The second-order valence-corrected chi connectivity index (χ2v) is 7.77. The van der Waals surface area contributed by atoms with E-state index in [0.717, 1.165) is 24.5 Å². The van der Waals surface area contributed by atoms with Gasteiger partial charge in [-0.15, -0.1) is 0 Å². The number of benzene rings is 2. The number of nitrogens with one attached hydrogen (secondary N) is 1. The quantitative estimate of drug-likeness (QED) is 0.313. The summed E-state index contributed by atoms with van der Waals surface area (Å²) in [7, 11) is 0. The van der Waals surface area contributed by atoms with Crippen molar-refractivity contribution >= 4 is 23.6 Å². The van der Waals surface area contributed by atoms with Crippen LogP contribution in [0.25, 0.3) is 6.08 Å². The van der Waals surface area contributed by atoms with E-state index in [0.29, 0.717) is 18.7 Å². The standard InChI is InChI=1S/C25H26ClNO5/c1-17-10-6-3-2-4-9-13-19(27-31-16-18-11-7-5-8-12-18)14-20-23(25(30)32-17)21(28)15-22(29)24(20)26/h3,5-9,11-15,17,27-29H,2,4,10,16H2,1H3/b6-3?,13-9?,19-14-/t17-/m1/s1. The van der Waals surface area contributed by atoms with Crippen molar-refractivity contribution in [2.45, 2.75) is 38.9 Å². The van der Waals surface area contributed by atoms with Crippen LogP contribution in [0.5, 0.6) is 11.5 Å². The largest absolute Gasteiger partial charge is 0.507 e. The third-order valence-corrected chi connectivity index (χ3v) is 5.17. The molecular weight excluding hydrogens is 430 g/mol. The first-order valence-electron chi connectivity index (χ1n) is 10.4. The average molecular weight is 456 g/mol. The van der Waals surface area contributed by atoms with Crippen LogP contribution in [0.1, 0.15) is 47.7 Å². The summed E-state index contributed by atoms with van der Waals surface area (Å²) in [6, 6.07) is 10.7. The molecule has 0 unspecified atom stereocenters. The van der Waals surface area contributed by atoms with E-state index in [-0.39, 0.29) is 21.9 Å². The van der Waals surface area contributed by atoms with Gasteiger partial charge in [0, 0.05) is 18.1 Å². The number of phenols is 2. The Morgan fingerprint density at radius 1 is 1.12 bits per heavy atom. The van der Waals surface area contributed by atoms with Crippen molar-refractivity contribution in [1.29, 1.82) is 0 Å². The Hall–Kier alpha value is -3.22. The average Bonchev–Trinajstić information content (AvgIpc) is 2.76. The Kier molecular flexibility index (Phi) is 8.36.